The van der Waals surface area contributed by atoms with E-state index in [4.69, 9.17) is 21.1 Å². The lowest BCUT2D eigenvalue weighted by molar-refractivity contribution is -0.135. The van der Waals surface area contributed by atoms with Gasteiger partial charge < -0.3 is 19.3 Å². The van der Waals surface area contributed by atoms with E-state index in [0.717, 1.165) is 0 Å². The number of nitrogens with zero attached hydrogens (tertiary/aromatic N) is 2. The van der Waals surface area contributed by atoms with E-state index >= 15 is 0 Å². The van der Waals surface area contributed by atoms with Crippen molar-refractivity contribution < 1.29 is 23.9 Å². The second-order valence-corrected chi connectivity index (χ2v) is 5.98. The molecule has 1 aromatic carbocycles. The fourth-order valence-electron chi connectivity index (χ4n) is 2.59. The number of ether oxygens (including phenoxy) is 2. The molecule has 0 unspecified atom stereocenters. The summed E-state index contributed by atoms with van der Waals surface area (Å²) in [5.41, 5.74) is 0.666. The van der Waals surface area contributed by atoms with Crippen LogP contribution in [0.5, 0.6) is 0 Å². The summed E-state index contributed by atoms with van der Waals surface area (Å²) in [6.07, 6.45) is 0.165. The average molecular weight is 369 g/mol. The largest absolute Gasteiger partial charge is 0.465 e. The molecule has 0 radical (unpaired) electrons. The van der Waals surface area contributed by atoms with E-state index in [2.05, 4.69) is 0 Å². The number of morpholine rings is 1. The van der Waals surface area contributed by atoms with Crippen molar-refractivity contribution in [3.63, 3.8) is 0 Å². The maximum Gasteiger partial charge on any atom is 0.337 e. The zero-order valence-corrected chi connectivity index (χ0v) is 15.0. The van der Waals surface area contributed by atoms with Crippen LogP contribution in [0.15, 0.2) is 18.2 Å². The first-order valence-corrected chi connectivity index (χ1v) is 8.33. The zero-order valence-electron chi connectivity index (χ0n) is 14.3. The molecule has 2 amide bonds. The van der Waals surface area contributed by atoms with Crippen LogP contribution in [0.4, 0.5) is 5.69 Å². The Morgan fingerprint density at radius 1 is 1.28 bits per heavy atom. The standard InChI is InChI=1S/C17H21ClN2O5/c1-12(21)20(6-5-16(22)19-7-9-25-10-8-19)15-11-13(17(23)24-2)3-4-14(15)18/h3-4,11H,5-10H2,1-2H3. The van der Waals surface area contributed by atoms with Crippen molar-refractivity contribution in [3.05, 3.63) is 28.8 Å². The molecule has 7 nitrogen and oxygen atoms in total. The van der Waals surface area contributed by atoms with Crippen LogP contribution in [0.25, 0.3) is 0 Å². The third-order valence-corrected chi connectivity index (χ3v) is 4.27. The summed E-state index contributed by atoms with van der Waals surface area (Å²) in [4.78, 5) is 39.1. The fourth-order valence-corrected chi connectivity index (χ4v) is 2.81. The number of amides is 2. The predicted octanol–water partition coefficient (Wildman–Crippen LogP) is 1.73. The van der Waals surface area contributed by atoms with Gasteiger partial charge in [0.15, 0.2) is 0 Å². The van der Waals surface area contributed by atoms with Crippen molar-refractivity contribution in [2.24, 2.45) is 0 Å². The molecule has 1 saturated heterocycles. The van der Waals surface area contributed by atoms with Crippen molar-refractivity contribution in [1.29, 1.82) is 0 Å². The molecular weight excluding hydrogens is 348 g/mol. The van der Waals surface area contributed by atoms with Crippen LogP contribution in [-0.4, -0.2) is 62.6 Å². The summed E-state index contributed by atoms with van der Waals surface area (Å²) in [6.45, 7) is 3.72. The smallest absolute Gasteiger partial charge is 0.337 e. The van der Waals surface area contributed by atoms with Crippen molar-refractivity contribution in [2.75, 3.05) is 44.9 Å². The molecule has 1 fully saturated rings. The Bertz CT molecular complexity index is 658. The van der Waals surface area contributed by atoms with Gasteiger partial charge in [-0.3, -0.25) is 9.59 Å². The Kier molecular flexibility index (Phi) is 6.78. The summed E-state index contributed by atoms with van der Waals surface area (Å²) in [5.74, 6) is -0.834. The van der Waals surface area contributed by atoms with Gasteiger partial charge >= 0.3 is 5.97 Å². The second kappa shape index (κ2) is 8.82. The molecule has 0 N–H and O–H groups in total. The second-order valence-electron chi connectivity index (χ2n) is 5.57. The van der Waals surface area contributed by atoms with E-state index in [1.807, 2.05) is 0 Å². The van der Waals surface area contributed by atoms with E-state index < -0.39 is 5.97 Å². The number of halogens is 1. The van der Waals surface area contributed by atoms with Gasteiger partial charge in [0, 0.05) is 33.0 Å². The summed E-state index contributed by atoms with van der Waals surface area (Å²) < 4.78 is 9.92. The third-order valence-electron chi connectivity index (χ3n) is 3.95. The lowest BCUT2D eigenvalue weighted by atomic mass is 10.1. The molecule has 1 heterocycles. The van der Waals surface area contributed by atoms with Crippen LogP contribution in [0.1, 0.15) is 23.7 Å². The lowest BCUT2D eigenvalue weighted by Gasteiger charge is -2.28. The quantitative estimate of drug-likeness (QED) is 0.740. The van der Waals surface area contributed by atoms with Gasteiger partial charge in [0.2, 0.25) is 11.8 Å². The number of hydrogen-bond acceptors (Lipinski definition) is 5. The number of rotatable bonds is 5. The lowest BCUT2D eigenvalue weighted by Crippen LogP contribution is -2.42. The van der Waals surface area contributed by atoms with Gasteiger partial charge in [0.1, 0.15) is 0 Å². The zero-order chi connectivity index (χ0) is 18.4. The minimum Gasteiger partial charge on any atom is -0.465 e. The highest BCUT2D eigenvalue weighted by atomic mass is 35.5. The number of hydrogen-bond donors (Lipinski definition) is 0. The number of anilines is 1. The van der Waals surface area contributed by atoms with Crippen LogP contribution in [0.3, 0.4) is 0 Å². The van der Waals surface area contributed by atoms with Gasteiger partial charge in [0.05, 0.1) is 36.6 Å². The molecule has 1 aromatic rings. The van der Waals surface area contributed by atoms with Gasteiger partial charge in [0.25, 0.3) is 0 Å². The summed E-state index contributed by atoms with van der Waals surface area (Å²) in [6, 6.07) is 4.55. The summed E-state index contributed by atoms with van der Waals surface area (Å²) >= 11 is 6.19. The van der Waals surface area contributed by atoms with Gasteiger partial charge in [-0.05, 0) is 18.2 Å². The van der Waals surface area contributed by atoms with E-state index in [-0.39, 0.29) is 30.3 Å². The summed E-state index contributed by atoms with van der Waals surface area (Å²) in [5, 5.41) is 0.321. The predicted molar refractivity (Wildman–Crippen MR) is 92.8 cm³/mol. The monoisotopic (exact) mass is 368 g/mol. The minimum absolute atomic E-state index is 0.0465. The minimum atomic E-state index is -0.522. The van der Waals surface area contributed by atoms with E-state index in [0.29, 0.717) is 37.0 Å². The average Bonchev–Trinajstić information content (AvgIpc) is 2.62. The van der Waals surface area contributed by atoms with Gasteiger partial charge in [-0.15, -0.1) is 0 Å². The molecule has 25 heavy (non-hydrogen) atoms. The number of carbonyl (C=O) groups is 3. The van der Waals surface area contributed by atoms with E-state index in [1.54, 1.807) is 4.90 Å². The van der Waals surface area contributed by atoms with E-state index in [9.17, 15) is 14.4 Å². The molecule has 0 atom stereocenters. The highest BCUT2D eigenvalue weighted by molar-refractivity contribution is 6.34. The Morgan fingerprint density at radius 3 is 2.56 bits per heavy atom. The molecule has 0 aliphatic carbocycles. The van der Waals surface area contributed by atoms with Crippen LogP contribution >= 0.6 is 11.6 Å². The number of esters is 1. The molecular formula is C17H21ClN2O5. The maximum absolute atomic E-state index is 12.3. The SMILES string of the molecule is COC(=O)c1ccc(Cl)c(N(CCC(=O)N2CCOCC2)C(C)=O)c1. The Labute approximate surface area is 151 Å². The highest BCUT2D eigenvalue weighted by Crippen LogP contribution is 2.28. The fraction of sp³-hybridized carbons (Fsp3) is 0.471. The van der Waals surface area contributed by atoms with Crippen LogP contribution in [-0.2, 0) is 19.1 Å². The Balaban J connectivity index is 2.13. The van der Waals surface area contributed by atoms with Crippen molar-refractivity contribution >= 4 is 35.1 Å². The molecule has 0 saturated carbocycles. The molecule has 1 aliphatic heterocycles. The van der Waals surface area contributed by atoms with Gasteiger partial charge in [-0.2, -0.15) is 0 Å². The number of carbonyl (C=O) groups excluding carboxylic acids is 3. The first-order valence-electron chi connectivity index (χ1n) is 7.95. The molecule has 1 aliphatic rings. The maximum atomic E-state index is 12.3. The van der Waals surface area contributed by atoms with Gasteiger partial charge in [-0.25, -0.2) is 4.79 Å². The molecule has 0 spiro atoms. The molecule has 136 valence electrons. The van der Waals surface area contributed by atoms with Crippen LogP contribution in [0.2, 0.25) is 5.02 Å². The molecule has 0 aromatic heterocycles. The Hall–Kier alpha value is -2.12. The van der Waals surface area contributed by atoms with E-state index in [1.165, 1.54) is 37.1 Å². The molecule has 8 heteroatoms. The number of benzene rings is 1. The van der Waals surface area contributed by atoms with Crippen molar-refractivity contribution in [1.82, 2.24) is 4.90 Å². The van der Waals surface area contributed by atoms with Crippen molar-refractivity contribution in [3.8, 4) is 0 Å². The molecule has 0 bridgehead atoms. The normalized spacial score (nSPS) is 14.1. The highest BCUT2D eigenvalue weighted by Gasteiger charge is 2.21. The Morgan fingerprint density at radius 2 is 1.96 bits per heavy atom. The topological polar surface area (TPSA) is 76.2 Å². The first-order chi connectivity index (χ1) is 11.9. The molecule has 2 rings (SSSR count). The summed E-state index contributed by atoms with van der Waals surface area (Å²) in [7, 11) is 1.28. The van der Waals surface area contributed by atoms with Crippen molar-refractivity contribution in [2.45, 2.75) is 13.3 Å². The van der Waals surface area contributed by atoms with Crippen LogP contribution in [0, 0.1) is 0 Å². The first kappa shape index (κ1) is 19.2. The number of methoxy groups -OCH3 is 1. The van der Waals surface area contributed by atoms with Crippen LogP contribution < -0.4 is 4.90 Å². The van der Waals surface area contributed by atoms with Gasteiger partial charge in [-0.1, -0.05) is 11.6 Å². The third kappa shape index (κ3) is 4.93.